The van der Waals surface area contributed by atoms with Crippen LogP contribution in [0.1, 0.15) is 55.5 Å². The van der Waals surface area contributed by atoms with Gasteiger partial charge in [0, 0.05) is 11.1 Å². The number of hydrogen-bond acceptors (Lipinski definition) is 5. The highest BCUT2D eigenvalue weighted by Crippen LogP contribution is 2.35. The van der Waals surface area contributed by atoms with Gasteiger partial charge in [-0.3, -0.25) is 14.4 Å². The van der Waals surface area contributed by atoms with Gasteiger partial charge in [-0.25, -0.2) is 4.68 Å². The Balaban J connectivity index is 1.67. The largest absolute Gasteiger partial charge is 0.481 e. The number of aromatic nitrogens is 3. The lowest BCUT2D eigenvalue weighted by Crippen LogP contribution is -2.41. The molecule has 3 aromatic heterocycles. The molecular formula is C27H30N4O4S. The number of rotatable bonds is 9. The second kappa shape index (κ2) is 10.5. The summed E-state index contributed by atoms with van der Waals surface area (Å²) in [6, 6.07) is 9.85. The molecule has 0 fully saturated rings. The molecule has 36 heavy (non-hydrogen) atoms. The molecular weight excluding hydrogens is 476 g/mol. The predicted octanol–water partition coefficient (Wildman–Crippen LogP) is 4.76. The number of benzene rings is 1. The van der Waals surface area contributed by atoms with Gasteiger partial charge in [0.15, 0.2) is 0 Å². The van der Waals surface area contributed by atoms with Crippen molar-refractivity contribution >= 4 is 28.7 Å². The number of hydrogen-bond donors (Lipinski definition) is 2. The van der Waals surface area contributed by atoms with Crippen LogP contribution in [0, 0.1) is 19.8 Å². The van der Waals surface area contributed by atoms with Crippen molar-refractivity contribution in [2.75, 3.05) is 0 Å². The quantitative estimate of drug-likeness (QED) is 0.340. The number of carbonyl (C=O) groups excluding carboxylic acids is 1. The number of carbonyl (C=O) groups is 2. The maximum atomic E-state index is 13.5. The Labute approximate surface area is 213 Å². The van der Waals surface area contributed by atoms with Crippen molar-refractivity contribution in [1.82, 2.24) is 19.5 Å². The predicted molar refractivity (Wildman–Crippen MR) is 140 cm³/mol. The normalized spacial score (nSPS) is 13.1. The molecule has 0 unspecified atom stereocenters. The fourth-order valence-corrected chi connectivity index (χ4v) is 5.65. The van der Waals surface area contributed by atoms with E-state index >= 15 is 0 Å². The lowest BCUT2D eigenvalue weighted by molar-refractivity contribution is -0.138. The number of amides is 1. The fourth-order valence-electron chi connectivity index (χ4n) is 4.51. The third kappa shape index (κ3) is 5.26. The topological polar surface area (TPSA) is 106 Å². The van der Waals surface area contributed by atoms with Crippen molar-refractivity contribution in [3.05, 3.63) is 81.3 Å². The van der Waals surface area contributed by atoms with E-state index in [9.17, 15) is 19.5 Å². The second-order valence-electron chi connectivity index (χ2n) is 9.50. The van der Waals surface area contributed by atoms with Crippen LogP contribution in [0.3, 0.4) is 0 Å². The van der Waals surface area contributed by atoms with Gasteiger partial charge in [-0.2, -0.15) is 5.10 Å². The summed E-state index contributed by atoms with van der Waals surface area (Å²) in [5, 5.41) is 18.6. The van der Waals surface area contributed by atoms with E-state index in [1.54, 1.807) is 22.7 Å². The summed E-state index contributed by atoms with van der Waals surface area (Å²) in [5.74, 6) is -1.35. The first-order valence-corrected chi connectivity index (χ1v) is 12.7. The Bertz CT molecular complexity index is 1450. The van der Waals surface area contributed by atoms with E-state index in [2.05, 4.69) is 10.4 Å². The molecule has 0 aliphatic carbocycles. The van der Waals surface area contributed by atoms with Crippen LogP contribution in [0.5, 0.6) is 0 Å². The van der Waals surface area contributed by atoms with Gasteiger partial charge in [0.1, 0.15) is 17.9 Å². The van der Waals surface area contributed by atoms with Gasteiger partial charge in [0.05, 0.1) is 12.5 Å². The van der Waals surface area contributed by atoms with Crippen LogP contribution >= 0.6 is 11.3 Å². The smallest absolute Gasteiger partial charge is 0.305 e. The number of carboxylic acids is 1. The molecule has 4 aromatic rings. The summed E-state index contributed by atoms with van der Waals surface area (Å²) in [4.78, 5) is 39.4. The summed E-state index contributed by atoms with van der Waals surface area (Å²) < 4.78 is 2.81. The van der Waals surface area contributed by atoms with Crippen molar-refractivity contribution in [3.8, 4) is 10.4 Å². The zero-order valence-electron chi connectivity index (χ0n) is 20.8. The first-order chi connectivity index (χ1) is 17.2. The number of nitrogens with one attached hydrogen (secondary N) is 1. The lowest BCUT2D eigenvalue weighted by atomic mass is 9.99. The molecule has 188 valence electrons. The fraction of sp³-hybridized carbons (Fsp3) is 0.333. The average molecular weight is 507 g/mol. The third-order valence-electron chi connectivity index (χ3n) is 6.24. The van der Waals surface area contributed by atoms with E-state index in [1.807, 2.05) is 57.3 Å². The molecule has 0 aliphatic rings. The van der Waals surface area contributed by atoms with Gasteiger partial charge in [-0.05, 0) is 72.0 Å². The highest BCUT2D eigenvalue weighted by Gasteiger charge is 2.28. The first-order valence-electron chi connectivity index (χ1n) is 11.9. The standard InChI is InChI=1S/C27H30N4O4S/c1-16(2)11-22(31-27(35)21-9-6-10-30(21)15-28-31)26(34)29-20(13-24(32)33)19-12-23(36-14-19)25-17(3)7-5-8-18(25)4/h5-10,12,14-16,20,22H,11,13H2,1-4H3,(H,29,34)(H,32,33)/t20-,22+/m1/s1. The highest BCUT2D eigenvalue weighted by atomic mass is 32.1. The highest BCUT2D eigenvalue weighted by molar-refractivity contribution is 7.13. The van der Waals surface area contributed by atoms with Crippen LogP contribution in [-0.4, -0.2) is 31.2 Å². The third-order valence-corrected chi connectivity index (χ3v) is 7.21. The zero-order valence-corrected chi connectivity index (χ0v) is 21.6. The Morgan fingerprint density at radius 3 is 2.53 bits per heavy atom. The lowest BCUT2D eigenvalue weighted by Gasteiger charge is -2.23. The van der Waals surface area contributed by atoms with E-state index in [0.717, 1.165) is 27.1 Å². The maximum Gasteiger partial charge on any atom is 0.305 e. The first kappa shape index (κ1) is 25.4. The number of thiophene rings is 1. The van der Waals surface area contributed by atoms with E-state index < -0.39 is 24.0 Å². The van der Waals surface area contributed by atoms with E-state index in [1.165, 1.54) is 22.3 Å². The van der Waals surface area contributed by atoms with Crippen LogP contribution in [0.4, 0.5) is 0 Å². The summed E-state index contributed by atoms with van der Waals surface area (Å²) in [7, 11) is 0. The van der Waals surface area contributed by atoms with Gasteiger partial charge in [-0.1, -0.05) is 32.0 Å². The van der Waals surface area contributed by atoms with Gasteiger partial charge in [-0.15, -0.1) is 11.3 Å². The van der Waals surface area contributed by atoms with Crippen LogP contribution < -0.4 is 10.9 Å². The van der Waals surface area contributed by atoms with E-state index in [4.69, 9.17) is 0 Å². The monoisotopic (exact) mass is 506 g/mol. The molecule has 9 heteroatoms. The molecule has 1 aromatic carbocycles. The SMILES string of the molecule is Cc1cccc(C)c1-c1cc([C@@H](CC(=O)O)NC(=O)[C@H](CC(C)C)n2ncn3cccc3c2=O)cs1. The zero-order chi connectivity index (χ0) is 26.0. The molecule has 2 atom stereocenters. The minimum Gasteiger partial charge on any atom is -0.481 e. The van der Waals surface area contributed by atoms with Crippen LogP contribution in [-0.2, 0) is 9.59 Å². The molecule has 1 amide bonds. The Kier molecular flexibility index (Phi) is 7.40. The Hall–Kier alpha value is -3.72. The molecule has 0 saturated carbocycles. The number of nitrogens with zero attached hydrogens (tertiary/aromatic N) is 3. The van der Waals surface area contributed by atoms with Crippen molar-refractivity contribution in [1.29, 1.82) is 0 Å². The minimum absolute atomic E-state index is 0.104. The molecule has 0 bridgehead atoms. The van der Waals surface area contributed by atoms with Crippen molar-refractivity contribution in [3.63, 3.8) is 0 Å². The molecule has 0 saturated heterocycles. The minimum atomic E-state index is -1.02. The summed E-state index contributed by atoms with van der Waals surface area (Å²) in [6.45, 7) is 8.01. The van der Waals surface area contributed by atoms with Gasteiger partial charge >= 0.3 is 5.97 Å². The molecule has 0 aliphatic heterocycles. The van der Waals surface area contributed by atoms with Crippen molar-refractivity contribution in [2.45, 2.75) is 52.6 Å². The van der Waals surface area contributed by atoms with Crippen LogP contribution in [0.25, 0.3) is 16.0 Å². The van der Waals surface area contributed by atoms with Crippen molar-refractivity contribution in [2.24, 2.45) is 5.92 Å². The van der Waals surface area contributed by atoms with Gasteiger partial charge in [0.25, 0.3) is 5.56 Å². The van der Waals surface area contributed by atoms with Gasteiger partial charge < -0.3 is 14.8 Å². The van der Waals surface area contributed by atoms with Crippen LogP contribution in [0.15, 0.2) is 59.1 Å². The summed E-state index contributed by atoms with van der Waals surface area (Å²) in [5.41, 5.74) is 4.15. The Morgan fingerprint density at radius 1 is 1.14 bits per heavy atom. The van der Waals surface area contributed by atoms with E-state index in [0.29, 0.717) is 11.9 Å². The number of aliphatic carboxylic acids is 1. The summed E-state index contributed by atoms with van der Waals surface area (Å²) in [6.07, 6.45) is 3.33. The molecule has 4 rings (SSSR count). The van der Waals surface area contributed by atoms with Gasteiger partial charge in [0.2, 0.25) is 5.91 Å². The number of carboxylic acid groups (broad SMARTS) is 1. The number of aryl methyl sites for hydroxylation is 2. The van der Waals surface area contributed by atoms with Crippen molar-refractivity contribution < 1.29 is 14.7 Å². The summed E-state index contributed by atoms with van der Waals surface area (Å²) >= 11 is 1.52. The number of fused-ring (bicyclic) bond motifs is 1. The average Bonchev–Trinajstić information content (AvgIpc) is 3.47. The van der Waals surface area contributed by atoms with E-state index in [-0.39, 0.29) is 17.9 Å². The molecule has 8 nitrogen and oxygen atoms in total. The molecule has 2 N–H and O–H groups in total. The second-order valence-corrected chi connectivity index (χ2v) is 10.4. The molecule has 0 spiro atoms. The maximum absolute atomic E-state index is 13.5. The molecule has 0 radical (unpaired) electrons. The molecule has 3 heterocycles. The Morgan fingerprint density at radius 2 is 1.86 bits per heavy atom. The van der Waals surface area contributed by atoms with Crippen LogP contribution in [0.2, 0.25) is 0 Å².